The lowest BCUT2D eigenvalue weighted by Crippen LogP contribution is -2.25. The number of likely N-dealkylation sites (tertiary alicyclic amines) is 1. The van der Waals surface area contributed by atoms with E-state index in [2.05, 4.69) is 9.80 Å². The van der Waals surface area contributed by atoms with Crippen molar-refractivity contribution in [3.63, 3.8) is 0 Å². The van der Waals surface area contributed by atoms with Crippen LogP contribution in [-0.4, -0.2) is 40.6 Å². The van der Waals surface area contributed by atoms with Crippen LogP contribution in [0.1, 0.15) is 29.7 Å². The lowest BCUT2D eigenvalue weighted by atomic mass is 10.1. The number of hydrogen-bond donors (Lipinski definition) is 1. The first-order chi connectivity index (χ1) is 15.5. The molecule has 0 aliphatic carbocycles. The van der Waals surface area contributed by atoms with Gasteiger partial charge in [-0.15, -0.1) is 0 Å². The van der Waals surface area contributed by atoms with Crippen LogP contribution in [0.25, 0.3) is 11.3 Å². The Morgan fingerprint density at radius 3 is 2.53 bits per heavy atom. The lowest BCUT2D eigenvalue weighted by Gasteiger charge is -2.21. The summed E-state index contributed by atoms with van der Waals surface area (Å²) < 4.78 is 0. The second-order valence-electron chi connectivity index (χ2n) is 7.93. The number of carboxylic acid groups (broad SMARTS) is 1. The van der Waals surface area contributed by atoms with Crippen molar-refractivity contribution in [3.8, 4) is 11.3 Å². The zero-order chi connectivity index (χ0) is 22.5. The SMILES string of the molecule is O=C(O)CCN(Cc1ccccc1)c1nc(-c2ccc(Cl)c(Cl)c2)c(CN2CCCC2)s1. The molecule has 0 amide bonds. The Morgan fingerprint density at radius 1 is 1.09 bits per heavy atom. The summed E-state index contributed by atoms with van der Waals surface area (Å²) in [5.74, 6) is -0.818. The van der Waals surface area contributed by atoms with Crippen molar-refractivity contribution in [3.05, 3.63) is 69.0 Å². The maximum atomic E-state index is 11.3. The van der Waals surface area contributed by atoms with Gasteiger partial charge in [-0.25, -0.2) is 4.98 Å². The van der Waals surface area contributed by atoms with Crippen molar-refractivity contribution in [2.75, 3.05) is 24.5 Å². The molecule has 32 heavy (non-hydrogen) atoms. The Morgan fingerprint density at radius 2 is 1.84 bits per heavy atom. The molecule has 1 aromatic heterocycles. The van der Waals surface area contributed by atoms with Gasteiger partial charge in [0.05, 0.1) is 22.2 Å². The van der Waals surface area contributed by atoms with E-state index in [1.807, 2.05) is 42.5 Å². The number of aliphatic carboxylic acids is 1. The number of benzene rings is 2. The fraction of sp³-hybridized carbons (Fsp3) is 0.333. The number of carbonyl (C=O) groups is 1. The molecule has 1 aliphatic rings. The molecule has 1 aliphatic heterocycles. The highest BCUT2D eigenvalue weighted by Gasteiger charge is 2.22. The fourth-order valence-corrected chi connectivity index (χ4v) is 5.32. The molecule has 1 fully saturated rings. The van der Waals surface area contributed by atoms with Crippen molar-refractivity contribution < 1.29 is 9.90 Å². The Hall–Kier alpha value is -2.12. The lowest BCUT2D eigenvalue weighted by molar-refractivity contribution is -0.136. The summed E-state index contributed by atoms with van der Waals surface area (Å²) in [7, 11) is 0. The average molecular weight is 490 g/mol. The second-order valence-corrected chi connectivity index (χ2v) is 9.81. The van der Waals surface area contributed by atoms with E-state index in [1.54, 1.807) is 17.4 Å². The predicted molar refractivity (Wildman–Crippen MR) is 132 cm³/mol. The molecule has 1 saturated heterocycles. The van der Waals surface area contributed by atoms with Crippen LogP contribution in [0.5, 0.6) is 0 Å². The molecule has 8 heteroatoms. The highest BCUT2D eigenvalue weighted by Crippen LogP contribution is 2.37. The van der Waals surface area contributed by atoms with Crippen molar-refractivity contribution in [1.82, 2.24) is 9.88 Å². The number of hydrogen-bond acceptors (Lipinski definition) is 5. The molecule has 0 spiro atoms. The summed E-state index contributed by atoms with van der Waals surface area (Å²) in [6.07, 6.45) is 2.48. The highest BCUT2D eigenvalue weighted by molar-refractivity contribution is 7.16. The van der Waals surface area contributed by atoms with E-state index < -0.39 is 5.97 Å². The number of halogens is 2. The molecule has 4 rings (SSSR count). The Labute approximate surface area is 202 Å². The van der Waals surface area contributed by atoms with Crippen molar-refractivity contribution >= 4 is 45.6 Å². The first-order valence-corrected chi connectivity index (χ1v) is 12.2. The Kier molecular flexibility index (Phi) is 7.68. The van der Waals surface area contributed by atoms with Crippen LogP contribution in [0.2, 0.25) is 10.0 Å². The molecule has 1 N–H and O–H groups in total. The number of nitrogens with zero attached hydrogens (tertiary/aromatic N) is 3. The van der Waals surface area contributed by atoms with E-state index in [4.69, 9.17) is 28.2 Å². The van der Waals surface area contributed by atoms with Gasteiger partial charge in [-0.05, 0) is 43.6 Å². The fourth-order valence-electron chi connectivity index (χ4n) is 3.87. The normalized spacial score (nSPS) is 14.1. The minimum absolute atomic E-state index is 0.0516. The minimum Gasteiger partial charge on any atom is -0.481 e. The Balaban J connectivity index is 1.70. The standard InChI is InChI=1S/C24H25Cl2N3O2S/c25-19-9-8-18(14-20(19)26)23-21(16-28-11-4-5-12-28)32-24(27-23)29(13-10-22(30)31)15-17-6-2-1-3-7-17/h1-3,6-9,14H,4-5,10-13,15-16H2,(H,30,31). The summed E-state index contributed by atoms with van der Waals surface area (Å²) in [6.45, 7) is 3.99. The first-order valence-electron chi connectivity index (χ1n) is 10.7. The van der Waals surface area contributed by atoms with Gasteiger partial charge in [-0.2, -0.15) is 0 Å². The van der Waals surface area contributed by atoms with Gasteiger partial charge in [0.25, 0.3) is 0 Å². The summed E-state index contributed by atoms with van der Waals surface area (Å²) in [5.41, 5.74) is 2.93. The quantitative estimate of drug-likeness (QED) is 0.388. The minimum atomic E-state index is -0.818. The van der Waals surface area contributed by atoms with Crippen molar-refractivity contribution in [1.29, 1.82) is 0 Å². The summed E-state index contributed by atoms with van der Waals surface area (Å²) in [4.78, 5) is 22.0. The maximum absolute atomic E-state index is 11.3. The average Bonchev–Trinajstić information content (AvgIpc) is 3.44. The predicted octanol–water partition coefficient (Wildman–Crippen LogP) is 6.19. The number of aromatic nitrogens is 1. The smallest absolute Gasteiger partial charge is 0.305 e. The molecule has 0 unspecified atom stereocenters. The molecule has 5 nitrogen and oxygen atoms in total. The highest BCUT2D eigenvalue weighted by atomic mass is 35.5. The van der Waals surface area contributed by atoms with Gasteiger partial charge in [0.2, 0.25) is 0 Å². The summed E-state index contributed by atoms with van der Waals surface area (Å²) >= 11 is 14.1. The van der Waals surface area contributed by atoms with Crippen LogP contribution in [0.3, 0.4) is 0 Å². The second kappa shape index (κ2) is 10.7. The third-order valence-corrected chi connectivity index (χ3v) is 7.37. The zero-order valence-corrected chi connectivity index (χ0v) is 20.0. The molecule has 3 aromatic rings. The van der Waals surface area contributed by atoms with E-state index in [1.165, 1.54) is 12.8 Å². The van der Waals surface area contributed by atoms with Crippen molar-refractivity contribution in [2.24, 2.45) is 0 Å². The van der Waals surface area contributed by atoms with E-state index in [9.17, 15) is 9.90 Å². The molecule has 168 valence electrons. The summed E-state index contributed by atoms with van der Waals surface area (Å²) in [6, 6.07) is 15.7. The van der Waals surface area contributed by atoms with Crippen LogP contribution < -0.4 is 4.90 Å². The third-order valence-electron chi connectivity index (χ3n) is 5.53. The van der Waals surface area contributed by atoms with E-state index in [0.29, 0.717) is 23.1 Å². The van der Waals surface area contributed by atoms with E-state index >= 15 is 0 Å². The van der Waals surface area contributed by atoms with Crippen LogP contribution in [0.15, 0.2) is 48.5 Å². The molecule has 2 aromatic carbocycles. The van der Waals surface area contributed by atoms with Crippen LogP contribution in [-0.2, 0) is 17.9 Å². The topological polar surface area (TPSA) is 56.7 Å². The molecule has 0 bridgehead atoms. The van der Waals surface area contributed by atoms with Gasteiger partial charge in [0.15, 0.2) is 5.13 Å². The van der Waals surface area contributed by atoms with E-state index in [-0.39, 0.29) is 6.42 Å². The largest absolute Gasteiger partial charge is 0.481 e. The molecule has 0 atom stereocenters. The van der Waals surface area contributed by atoms with Gasteiger partial charge in [-0.1, -0.05) is 70.9 Å². The molecule has 0 radical (unpaired) electrons. The maximum Gasteiger partial charge on any atom is 0.305 e. The van der Waals surface area contributed by atoms with Crippen LogP contribution in [0, 0.1) is 0 Å². The molecule has 2 heterocycles. The van der Waals surface area contributed by atoms with Crippen LogP contribution >= 0.6 is 34.5 Å². The Bertz CT molecular complexity index is 1070. The number of thiazole rings is 1. The first kappa shape index (κ1) is 23.1. The van der Waals surface area contributed by atoms with Crippen LogP contribution in [0.4, 0.5) is 5.13 Å². The van der Waals surface area contributed by atoms with E-state index in [0.717, 1.165) is 46.5 Å². The number of rotatable bonds is 9. The van der Waals surface area contributed by atoms with Gasteiger partial charge < -0.3 is 10.0 Å². The summed E-state index contributed by atoms with van der Waals surface area (Å²) in [5, 5.41) is 11.1. The van der Waals surface area contributed by atoms with Gasteiger partial charge in [0.1, 0.15) is 0 Å². The van der Waals surface area contributed by atoms with Gasteiger partial charge in [0, 0.05) is 30.1 Å². The van der Waals surface area contributed by atoms with Crippen molar-refractivity contribution in [2.45, 2.75) is 32.4 Å². The molecular formula is C24H25Cl2N3O2S. The van der Waals surface area contributed by atoms with Gasteiger partial charge in [-0.3, -0.25) is 9.69 Å². The molecule has 0 saturated carbocycles. The number of anilines is 1. The van der Waals surface area contributed by atoms with Gasteiger partial charge >= 0.3 is 5.97 Å². The third kappa shape index (κ3) is 5.81. The number of carboxylic acids is 1. The molecular weight excluding hydrogens is 465 g/mol. The zero-order valence-electron chi connectivity index (χ0n) is 17.6. The monoisotopic (exact) mass is 489 g/mol.